The molecule has 0 saturated carbocycles. The molecule has 5 nitrogen and oxygen atoms in total. The van der Waals surface area contributed by atoms with Gasteiger partial charge in [0.15, 0.2) is 0 Å². The van der Waals surface area contributed by atoms with Crippen LogP contribution in [0.1, 0.15) is 55.0 Å². The monoisotopic (exact) mass is 374 g/mol. The van der Waals surface area contributed by atoms with Crippen molar-refractivity contribution in [1.29, 1.82) is 0 Å². The van der Waals surface area contributed by atoms with Gasteiger partial charge in [0, 0.05) is 23.0 Å². The van der Waals surface area contributed by atoms with E-state index in [9.17, 15) is 14.0 Å². The van der Waals surface area contributed by atoms with Crippen molar-refractivity contribution in [3.8, 4) is 11.1 Å². The van der Waals surface area contributed by atoms with Gasteiger partial charge in [-0.3, -0.25) is 9.59 Å². The fourth-order valence-corrected chi connectivity index (χ4v) is 3.41. The number of nitrogens with two attached hydrogens (primary N) is 1. The molecule has 2 N–H and O–H groups in total. The van der Waals surface area contributed by atoms with Crippen molar-refractivity contribution in [3.63, 3.8) is 0 Å². The summed E-state index contributed by atoms with van der Waals surface area (Å²) in [5, 5.41) is 0. The first-order valence-electron chi connectivity index (χ1n) is 9.05. The molecule has 1 aromatic heterocycles. The molecule has 0 bridgehead atoms. The fourth-order valence-electron chi connectivity index (χ4n) is 3.41. The summed E-state index contributed by atoms with van der Waals surface area (Å²) in [7, 11) is 1.35. The molecule has 2 aromatic rings. The molecule has 1 aromatic carbocycles. The Morgan fingerprint density at radius 2 is 1.78 bits per heavy atom. The zero-order valence-electron chi connectivity index (χ0n) is 16.5. The maximum atomic E-state index is 13.4. The molecule has 0 saturated heterocycles. The molecule has 27 heavy (non-hydrogen) atoms. The average molecular weight is 374 g/mol. The predicted molar refractivity (Wildman–Crippen MR) is 103 cm³/mol. The van der Waals surface area contributed by atoms with Gasteiger partial charge < -0.3 is 15.0 Å². The number of carbonyl (C=O) groups excluding carboxylic acids is 2. The number of hydrogen-bond acceptors (Lipinski definition) is 3. The molecule has 0 aliphatic heterocycles. The normalized spacial score (nSPS) is 12.3. The van der Waals surface area contributed by atoms with E-state index in [4.69, 9.17) is 10.5 Å². The highest BCUT2D eigenvalue weighted by Crippen LogP contribution is 2.37. The molecule has 1 unspecified atom stereocenters. The second kappa shape index (κ2) is 8.37. The smallest absolute Gasteiger partial charge is 0.305 e. The lowest BCUT2D eigenvalue weighted by atomic mass is 9.97. The maximum Gasteiger partial charge on any atom is 0.305 e. The van der Waals surface area contributed by atoms with E-state index in [-0.39, 0.29) is 24.2 Å². The Labute approximate surface area is 159 Å². The SMILES string of the molecule is COC(=O)CCc1c(-c2ccc(F)cc2)c(C(N)=O)c(C)n1C(C)C(C)C. The van der Waals surface area contributed by atoms with E-state index in [1.54, 1.807) is 12.1 Å². The Balaban J connectivity index is 2.76. The van der Waals surface area contributed by atoms with E-state index in [1.807, 2.05) is 6.92 Å². The van der Waals surface area contributed by atoms with Crippen LogP contribution in [-0.2, 0) is 16.0 Å². The second-order valence-corrected chi connectivity index (χ2v) is 7.08. The van der Waals surface area contributed by atoms with Crippen LogP contribution in [0.5, 0.6) is 0 Å². The third-order valence-electron chi connectivity index (χ3n) is 5.10. The van der Waals surface area contributed by atoms with Crippen molar-refractivity contribution >= 4 is 11.9 Å². The predicted octanol–water partition coefficient (Wildman–Crippen LogP) is 4.02. The molecule has 1 heterocycles. The Morgan fingerprint density at radius 3 is 2.26 bits per heavy atom. The molecule has 1 atom stereocenters. The van der Waals surface area contributed by atoms with Gasteiger partial charge in [-0.1, -0.05) is 26.0 Å². The number of esters is 1. The van der Waals surface area contributed by atoms with Gasteiger partial charge in [-0.25, -0.2) is 4.39 Å². The van der Waals surface area contributed by atoms with Crippen molar-refractivity contribution in [2.45, 2.75) is 46.6 Å². The highest BCUT2D eigenvalue weighted by molar-refractivity contribution is 6.02. The van der Waals surface area contributed by atoms with Gasteiger partial charge in [-0.2, -0.15) is 0 Å². The zero-order valence-corrected chi connectivity index (χ0v) is 16.5. The van der Waals surface area contributed by atoms with Gasteiger partial charge in [0.1, 0.15) is 5.82 Å². The molecule has 146 valence electrons. The Morgan fingerprint density at radius 1 is 1.19 bits per heavy atom. The van der Waals surface area contributed by atoms with Crippen molar-refractivity contribution in [2.24, 2.45) is 11.7 Å². The van der Waals surface area contributed by atoms with Crippen molar-refractivity contribution < 1.29 is 18.7 Å². The number of amides is 1. The number of primary amides is 1. The molecule has 0 radical (unpaired) electrons. The summed E-state index contributed by atoms with van der Waals surface area (Å²) in [6.07, 6.45) is 0.571. The summed E-state index contributed by atoms with van der Waals surface area (Å²) in [5.41, 5.74) is 9.06. The van der Waals surface area contributed by atoms with E-state index in [1.165, 1.54) is 19.2 Å². The molecular weight excluding hydrogens is 347 g/mol. The summed E-state index contributed by atoms with van der Waals surface area (Å²) in [4.78, 5) is 24.0. The Hall–Kier alpha value is -2.63. The average Bonchev–Trinajstić information content (AvgIpc) is 2.91. The van der Waals surface area contributed by atoms with Crippen LogP contribution in [0, 0.1) is 18.7 Å². The van der Waals surface area contributed by atoms with Crippen molar-refractivity contribution in [3.05, 3.63) is 47.0 Å². The summed E-state index contributed by atoms with van der Waals surface area (Å²) in [6, 6.07) is 6.04. The van der Waals surface area contributed by atoms with Crippen molar-refractivity contribution in [2.75, 3.05) is 7.11 Å². The lowest BCUT2D eigenvalue weighted by Gasteiger charge is -2.23. The minimum Gasteiger partial charge on any atom is -0.469 e. The number of ether oxygens (including phenoxy) is 1. The van der Waals surface area contributed by atoms with Crippen LogP contribution in [-0.4, -0.2) is 23.6 Å². The minimum atomic E-state index is -0.541. The molecule has 0 spiro atoms. The van der Waals surface area contributed by atoms with E-state index in [0.717, 1.165) is 11.4 Å². The van der Waals surface area contributed by atoms with Crippen LogP contribution in [0.15, 0.2) is 24.3 Å². The maximum absolute atomic E-state index is 13.4. The van der Waals surface area contributed by atoms with Crippen LogP contribution in [0.3, 0.4) is 0 Å². The lowest BCUT2D eigenvalue weighted by Crippen LogP contribution is -2.18. The molecule has 0 aliphatic carbocycles. The summed E-state index contributed by atoms with van der Waals surface area (Å²) < 4.78 is 20.3. The van der Waals surface area contributed by atoms with E-state index in [0.29, 0.717) is 29.0 Å². The third kappa shape index (κ3) is 4.21. The number of benzene rings is 1. The molecule has 6 heteroatoms. The quantitative estimate of drug-likeness (QED) is 0.744. The lowest BCUT2D eigenvalue weighted by molar-refractivity contribution is -0.140. The van der Waals surface area contributed by atoms with Crippen LogP contribution in [0.4, 0.5) is 4.39 Å². The number of carbonyl (C=O) groups is 2. The number of halogens is 1. The molecular formula is C21H27FN2O3. The van der Waals surface area contributed by atoms with Gasteiger partial charge in [-0.15, -0.1) is 0 Å². The first-order valence-corrected chi connectivity index (χ1v) is 9.05. The topological polar surface area (TPSA) is 74.3 Å². The van der Waals surface area contributed by atoms with Crippen molar-refractivity contribution in [1.82, 2.24) is 4.57 Å². The van der Waals surface area contributed by atoms with Crippen LogP contribution < -0.4 is 5.73 Å². The van der Waals surface area contributed by atoms with Crippen LogP contribution >= 0.6 is 0 Å². The number of hydrogen-bond donors (Lipinski definition) is 1. The van der Waals surface area contributed by atoms with Crippen LogP contribution in [0.25, 0.3) is 11.1 Å². The third-order valence-corrected chi connectivity index (χ3v) is 5.10. The van der Waals surface area contributed by atoms with Crippen LogP contribution in [0.2, 0.25) is 0 Å². The number of aromatic nitrogens is 1. The molecule has 1 amide bonds. The highest BCUT2D eigenvalue weighted by Gasteiger charge is 2.28. The van der Waals surface area contributed by atoms with Gasteiger partial charge in [-0.05, 0) is 43.9 Å². The van der Waals surface area contributed by atoms with E-state index < -0.39 is 5.91 Å². The van der Waals surface area contributed by atoms with Gasteiger partial charge in [0.2, 0.25) is 0 Å². The number of methoxy groups -OCH3 is 1. The minimum absolute atomic E-state index is 0.0879. The van der Waals surface area contributed by atoms with E-state index in [2.05, 4.69) is 25.3 Å². The Bertz CT molecular complexity index is 838. The number of nitrogens with zero attached hydrogens (tertiary/aromatic N) is 1. The molecule has 2 rings (SSSR count). The first-order chi connectivity index (χ1) is 12.7. The summed E-state index contributed by atoms with van der Waals surface area (Å²) >= 11 is 0. The highest BCUT2D eigenvalue weighted by atomic mass is 19.1. The molecule has 0 aliphatic rings. The molecule has 0 fully saturated rings. The van der Waals surface area contributed by atoms with Gasteiger partial charge >= 0.3 is 5.97 Å². The number of rotatable bonds is 7. The first kappa shape index (κ1) is 20.7. The summed E-state index contributed by atoms with van der Waals surface area (Å²) in [6.45, 7) is 8.11. The second-order valence-electron chi connectivity index (χ2n) is 7.08. The standard InChI is InChI=1S/C21H27FN2O3/c1-12(2)13(3)24-14(4)19(21(23)26)20(15-6-8-16(22)9-7-15)17(24)10-11-18(25)27-5/h6-9,12-13H,10-11H2,1-5H3,(H2,23,26). The van der Waals surface area contributed by atoms with E-state index >= 15 is 0 Å². The van der Waals surface area contributed by atoms with Gasteiger partial charge in [0.25, 0.3) is 5.91 Å². The largest absolute Gasteiger partial charge is 0.469 e. The Kier molecular flexibility index (Phi) is 6.41. The zero-order chi connectivity index (χ0) is 20.3. The van der Waals surface area contributed by atoms with Gasteiger partial charge in [0.05, 0.1) is 19.1 Å². The summed E-state index contributed by atoms with van der Waals surface area (Å²) in [5.74, 6) is -0.930. The fraction of sp³-hybridized carbons (Fsp3) is 0.429.